The van der Waals surface area contributed by atoms with E-state index >= 15 is 0 Å². The van der Waals surface area contributed by atoms with E-state index in [-0.39, 0.29) is 6.10 Å². The van der Waals surface area contributed by atoms with Crippen LogP contribution in [0.1, 0.15) is 18.1 Å². The number of methoxy groups -OCH3 is 1. The SMILES string of the molecule is COC(C)Cc1cccc(CN=C=O)c1. The van der Waals surface area contributed by atoms with Crippen LogP contribution in [0.5, 0.6) is 0 Å². The summed E-state index contributed by atoms with van der Waals surface area (Å²) < 4.78 is 5.19. The summed E-state index contributed by atoms with van der Waals surface area (Å²) in [5, 5.41) is 0. The Bertz CT molecular complexity index is 356. The molecule has 1 unspecified atom stereocenters. The molecule has 0 aliphatic carbocycles. The molecule has 1 rings (SSSR count). The van der Waals surface area contributed by atoms with E-state index in [1.165, 1.54) is 11.6 Å². The van der Waals surface area contributed by atoms with Gasteiger partial charge in [-0.1, -0.05) is 24.3 Å². The number of hydrogen-bond donors (Lipinski definition) is 0. The van der Waals surface area contributed by atoms with Crippen LogP contribution in [-0.4, -0.2) is 19.3 Å². The zero-order chi connectivity index (χ0) is 11.1. The summed E-state index contributed by atoms with van der Waals surface area (Å²) in [6.07, 6.45) is 2.61. The van der Waals surface area contributed by atoms with Crippen LogP contribution in [0.25, 0.3) is 0 Å². The normalized spacial score (nSPS) is 11.9. The van der Waals surface area contributed by atoms with E-state index < -0.39 is 0 Å². The molecule has 0 aliphatic rings. The zero-order valence-corrected chi connectivity index (χ0v) is 9.06. The molecule has 15 heavy (non-hydrogen) atoms. The molecule has 0 radical (unpaired) electrons. The van der Waals surface area contributed by atoms with Gasteiger partial charge in [-0.3, -0.25) is 0 Å². The summed E-state index contributed by atoms with van der Waals surface area (Å²) in [6.45, 7) is 2.43. The van der Waals surface area contributed by atoms with Gasteiger partial charge in [-0.15, -0.1) is 0 Å². The first kappa shape index (κ1) is 11.6. The van der Waals surface area contributed by atoms with Crippen molar-refractivity contribution < 1.29 is 9.53 Å². The number of isocyanates is 1. The van der Waals surface area contributed by atoms with Crippen molar-refractivity contribution in [3.05, 3.63) is 35.4 Å². The first-order valence-electron chi connectivity index (χ1n) is 4.90. The summed E-state index contributed by atoms with van der Waals surface area (Å²) in [7, 11) is 1.70. The van der Waals surface area contributed by atoms with Crippen LogP contribution in [0.4, 0.5) is 0 Å². The smallest absolute Gasteiger partial charge is 0.235 e. The second-order valence-electron chi connectivity index (χ2n) is 3.48. The maximum Gasteiger partial charge on any atom is 0.235 e. The lowest BCUT2D eigenvalue weighted by Gasteiger charge is -2.09. The fourth-order valence-electron chi connectivity index (χ4n) is 1.39. The number of hydrogen-bond acceptors (Lipinski definition) is 3. The average Bonchev–Trinajstić information content (AvgIpc) is 2.26. The Labute approximate surface area is 89.8 Å². The molecule has 0 N–H and O–H groups in total. The molecule has 0 saturated carbocycles. The molecule has 3 nitrogen and oxygen atoms in total. The molecule has 0 aliphatic heterocycles. The molecule has 1 atom stereocenters. The molecule has 0 bridgehead atoms. The van der Waals surface area contributed by atoms with E-state index in [4.69, 9.17) is 4.74 Å². The first-order valence-corrected chi connectivity index (χ1v) is 4.90. The maximum atomic E-state index is 9.98. The van der Waals surface area contributed by atoms with Gasteiger partial charge in [0.2, 0.25) is 6.08 Å². The lowest BCUT2D eigenvalue weighted by atomic mass is 10.1. The van der Waals surface area contributed by atoms with Gasteiger partial charge in [-0.25, -0.2) is 9.79 Å². The molecule has 0 fully saturated rings. The van der Waals surface area contributed by atoms with Crippen molar-refractivity contribution in [3.8, 4) is 0 Å². The van der Waals surface area contributed by atoms with Crippen LogP contribution >= 0.6 is 0 Å². The molecule has 0 aromatic heterocycles. The van der Waals surface area contributed by atoms with Gasteiger partial charge in [-0.2, -0.15) is 0 Å². The molecule has 0 spiro atoms. The largest absolute Gasteiger partial charge is 0.381 e. The summed E-state index contributed by atoms with van der Waals surface area (Å²) in [4.78, 5) is 13.5. The number of benzene rings is 1. The Morgan fingerprint density at radius 2 is 2.20 bits per heavy atom. The Morgan fingerprint density at radius 1 is 1.47 bits per heavy atom. The van der Waals surface area contributed by atoms with E-state index in [1.54, 1.807) is 7.11 Å². The standard InChI is InChI=1S/C12H15NO2/c1-10(15-2)6-11-4-3-5-12(7-11)8-13-9-14/h3-5,7,10H,6,8H2,1-2H3. The Hall–Kier alpha value is -1.44. The fraction of sp³-hybridized carbons (Fsp3) is 0.417. The van der Waals surface area contributed by atoms with Crippen molar-refractivity contribution >= 4 is 6.08 Å². The van der Waals surface area contributed by atoms with E-state index in [9.17, 15) is 4.79 Å². The number of aliphatic imine (C=N–C) groups is 1. The molecule has 1 aromatic rings. The van der Waals surface area contributed by atoms with Gasteiger partial charge in [0.1, 0.15) is 0 Å². The molecule has 1 aromatic carbocycles. The second kappa shape index (κ2) is 6.12. The highest BCUT2D eigenvalue weighted by Crippen LogP contribution is 2.09. The van der Waals surface area contributed by atoms with Crippen molar-refractivity contribution in [2.45, 2.75) is 26.0 Å². The van der Waals surface area contributed by atoms with Gasteiger partial charge in [0.05, 0.1) is 12.6 Å². The summed E-state index contributed by atoms with van der Waals surface area (Å²) in [5.74, 6) is 0. The van der Waals surface area contributed by atoms with E-state index in [2.05, 4.69) is 4.99 Å². The van der Waals surface area contributed by atoms with Crippen LogP contribution in [-0.2, 0) is 22.5 Å². The van der Waals surface area contributed by atoms with Gasteiger partial charge in [0.25, 0.3) is 0 Å². The molecule has 80 valence electrons. The minimum atomic E-state index is 0.204. The topological polar surface area (TPSA) is 38.7 Å². The minimum Gasteiger partial charge on any atom is -0.381 e. The van der Waals surface area contributed by atoms with Crippen LogP contribution in [0, 0.1) is 0 Å². The van der Waals surface area contributed by atoms with Gasteiger partial charge in [0, 0.05) is 7.11 Å². The van der Waals surface area contributed by atoms with Crippen LogP contribution in [0.3, 0.4) is 0 Å². The van der Waals surface area contributed by atoms with Crippen LogP contribution in [0.15, 0.2) is 29.3 Å². The minimum absolute atomic E-state index is 0.204. The average molecular weight is 205 g/mol. The van der Waals surface area contributed by atoms with Gasteiger partial charge in [-0.05, 0) is 24.5 Å². The van der Waals surface area contributed by atoms with Crippen LogP contribution < -0.4 is 0 Å². The molecule has 3 heteroatoms. The van der Waals surface area contributed by atoms with Gasteiger partial charge in [0.15, 0.2) is 0 Å². The van der Waals surface area contributed by atoms with Crippen molar-refractivity contribution in [2.75, 3.05) is 7.11 Å². The lowest BCUT2D eigenvalue weighted by Crippen LogP contribution is -2.08. The second-order valence-corrected chi connectivity index (χ2v) is 3.48. The summed E-state index contributed by atoms with van der Waals surface area (Å²) >= 11 is 0. The zero-order valence-electron chi connectivity index (χ0n) is 9.06. The number of rotatable bonds is 5. The van der Waals surface area contributed by atoms with E-state index in [0.29, 0.717) is 6.54 Å². The van der Waals surface area contributed by atoms with Crippen molar-refractivity contribution in [1.82, 2.24) is 0 Å². The number of ether oxygens (including phenoxy) is 1. The first-order chi connectivity index (χ1) is 7.26. The predicted molar refractivity (Wildman–Crippen MR) is 58.4 cm³/mol. The quantitative estimate of drug-likeness (QED) is 0.545. The molecule has 0 amide bonds. The molecular weight excluding hydrogens is 190 g/mol. The third-order valence-corrected chi connectivity index (χ3v) is 2.24. The summed E-state index contributed by atoms with van der Waals surface area (Å²) in [5.41, 5.74) is 2.22. The molecule has 0 saturated heterocycles. The van der Waals surface area contributed by atoms with Crippen molar-refractivity contribution in [2.24, 2.45) is 4.99 Å². The predicted octanol–water partition coefficient (Wildman–Crippen LogP) is 2.10. The van der Waals surface area contributed by atoms with E-state index in [1.807, 2.05) is 31.2 Å². The van der Waals surface area contributed by atoms with E-state index in [0.717, 1.165) is 12.0 Å². The Kier molecular flexibility index (Phi) is 4.75. The lowest BCUT2D eigenvalue weighted by molar-refractivity contribution is 0.119. The number of carbonyl (C=O) groups excluding carboxylic acids is 1. The number of nitrogens with zero attached hydrogens (tertiary/aromatic N) is 1. The summed E-state index contributed by atoms with van der Waals surface area (Å²) in [6, 6.07) is 8.00. The molecule has 0 heterocycles. The highest BCUT2D eigenvalue weighted by Gasteiger charge is 2.02. The van der Waals surface area contributed by atoms with Crippen molar-refractivity contribution in [3.63, 3.8) is 0 Å². The highest BCUT2D eigenvalue weighted by atomic mass is 16.5. The fourth-order valence-corrected chi connectivity index (χ4v) is 1.39. The third-order valence-electron chi connectivity index (χ3n) is 2.24. The monoisotopic (exact) mass is 205 g/mol. The van der Waals surface area contributed by atoms with Crippen molar-refractivity contribution in [1.29, 1.82) is 0 Å². The Balaban J connectivity index is 2.69. The van der Waals surface area contributed by atoms with Crippen LogP contribution in [0.2, 0.25) is 0 Å². The Morgan fingerprint density at radius 3 is 2.87 bits per heavy atom. The maximum absolute atomic E-state index is 9.98. The molecular formula is C12H15NO2. The highest BCUT2D eigenvalue weighted by molar-refractivity contribution is 5.34. The van der Waals surface area contributed by atoms with Gasteiger partial charge < -0.3 is 4.74 Å². The third kappa shape index (κ3) is 4.07. The van der Waals surface area contributed by atoms with Gasteiger partial charge >= 0.3 is 0 Å².